The number of fused-ring (bicyclic) bond motifs is 1. The molecule has 0 saturated carbocycles. The molecule has 2 heterocycles. The quantitative estimate of drug-likeness (QED) is 0.705. The zero-order valence-electron chi connectivity index (χ0n) is 17.0. The fourth-order valence-electron chi connectivity index (χ4n) is 3.67. The maximum absolute atomic E-state index is 13.3. The number of hydrogen-bond donors (Lipinski definition) is 2. The average molecular weight is 445 g/mol. The summed E-state index contributed by atoms with van der Waals surface area (Å²) >= 11 is 0. The van der Waals surface area contributed by atoms with Gasteiger partial charge in [0.1, 0.15) is 17.5 Å². The number of carbonyl (C=O) groups excluding carboxylic acids is 2. The third-order valence-electron chi connectivity index (χ3n) is 5.13. The average Bonchev–Trinajstić information content (AvgIpc) is 3.26. The van der Waals surface area contributed by atoms with Crippen molar-refractivity contribution in [3.8, 4) is 11.5 Å². The number of anilines is 2. The van der Waals surface area contributed by atoms with Gasteiger partial charge in [0.25, 0.3) is 5.91 Å². The molecule has 1 saturated heterocycles. The Morgan fingerprint density at radius 2 is 2.03 bits per heavy atom. The molecule has 9 nitrogen and oxygen atoms in total. The highest BCUT2D eigenvalue weighted by molar-refractivity contribution is 7.89. The van der Waals surface area contributed by atoms with Crippen LogP contribution in [0, 0.1) is 0 Å². The Kier molecular flexibility index (Phi) is 5.84. The van der Waals surface area contributed by atoms with Gasteiger partial charge in [-0.3, -0.25) is 9.59 Å². The minimum atomic E-state index is -3.94. The van der Waals surface area contributed by atoms with E-state index in [1.807, 2.05) is 6.92 Å². The standard InChI is InChI=1S/C21H23N3O6S/c1-2-29-15-7-5-14(6-8-15)22-21(26)18-4-3-11-24(18)31(27,28)16-9-10-19-17(12-16)23-20(25)13-30-19/h5-10,12,18H,2-4,11,13H2,1H3,(H,22,26)(H,23,25)/t18-/m0/s1. The molecule has 164 valence electrons. The second-order valence-corrected chi connectivity index (χ2v) is 9.11. The number of benzene rings is 2. The van der Waals surface area contributed by atoms with Gasteiger partial charge in [0, 0.05) is 12.2 Å². The van der Waals surface area contributed by atoms with Gasteiger partial charge in [-0.25, -0.2) is 8.42 Å². The molecule has 10 heteroatoms. The molecular weight excluding hydrogens is 422 g/mol. The van der Waals surface area contributed by atoms with Gasteiger partial charge in [-0.1, -0.05) is 0 Å². The largest absolute Gasteiger partial charge is 0.494 e. The minimum Gasteiger partial charge on any atom is -0.494 e. The molecule has 0 unspecified atom stereocenters. The summed E-state index contributed by atoms with van der Waals surface area (Å²) in [5, 5.41) is 5.39. The molecule has 2 aliphatic rings. The summed E-state index contributed by atoms with van der Waals surface area (Å²) in [5.74, 6) is 0.356. The maximum atomic E-state index is 13.3. The van der Waals surface area contributed by atoms with E-state index in [2.05, 4.69) is 10.6 Å². The summed E-state index contributed by atoms with van der Waals surface area (Å²) in [7, 11) is -3.94. The van der Waals surface area contributed by atoms with Gasteiger partial charge in [-0.2, -0.15) is 4.31 Å². The van der Waals surface area contributed by atoms with Gasteiger partial charge < -0.3 is 20.1 Å². The molecule has 0 aliphatic carbocycles. The van der Waals surface area contributed by atoms with Crippen LogP contribution in [0.25, 0.3) is 0 Å². The predicted octanol–water partition coefficient (Wildman–Crippen LogP) is 2.21. The summed E-state index contributed by atoms with van der Waals surface area (Å²) in [6.07, 6.45) is 0.998. The van der Waals surface area contributed by atoms with Crippen molar-refractivity contribution in [2.24, 2.45) is 0 Å². The zero-order chi connectivity index (χ0) is 22.0. The van der Waals surface area contributed by atoms with E-state index >= 15 is 0 Å². The molecule has 0 aromatic heterocycles. The van der Waals surface area contributed by atoms with Crippen LogP contribution < -0.4 is 20.1 Å². The van der Waals surface area contributed by atoms with Crippen molar-refractivity contribution in [2.75, 3.05) is 30.4 Å². The number of hydrogen-bond acceptors (Lipinski definition) is 6. The van der Waals surface area contributed by atoms with Gasteiger partial charge in [0.05, 0.1) is 17.2 Å². The Hall–Kier alpha value is -3.11. The summed E-state index contributed by atoms with van der Waals surface area (Å²) in [6, 6.07) is 10.4. The van der Waals surface area contributed by atoms with Crippen molar-refractivity contribution in [3.63, 3.8) is 0 Å². The van der Waals surface area contributed by atoms with Crippen LogP contribution in [-0.4, -0.2) is 50.3 Å². The number of sulfonamides is 1. The molecule has 1 atom stereocenters. The Morgan fingerprint density at radius 3 is 2.77 bits per heavy atom. The van der Waals surface area contributed by atoms with E-state index in [1.165, 1.54) is 22.5 Å². The molecular formula is C21H23N3O6S. The number of ether oxygens (including phenoxy) is 2. The first-order valence-corrected chi connectivity index (χ1v) is 11.4. The first-order valence-electron chi connectivity index (χ1n) is 10.0. The molecule has 2 amide bonds. The van der Waals surface area contributed by atoms with Crippen molar-refractivity contribution < 1.29 is 27.5 Å². The monoisotopic (exact) mass is 445 g/mol. The predicted molar refractivity (Wildman–Crippen MR) is 114 cm³/mol. The highest BCUT2D eigenvalue weighted by Crippen LogP contribution is 2.33. The lowest BCUT2D eigenvalue weighted by Gasteiger charge is -2.24. The second kappa shape index (κ2) is 8.56. The summed E-state index contributed by atoms with van der Waals surface area (Å²) < 4.78 is 38.4. The van der Waals surface area contributed by atoms with Crippen LogP contribution >= 0.6 is 0 Å². The third-order valence-corrected chi connectivity index (χ3v) is 7.03. The van der Waals surface area contributed by atoms with E-state index in [4.69, 9.17) is 9.47 Å². The highest BCUT2D eigenvalue weighted by Gasteiger charge is 2.40. The van der Waals surface area contributed by atoms with Gasteiger partial charge in [0.2, 0.25) is 15.9 Å². The Labute approximate surface area is 180 Å². The summed E-state index contributed by atoms with van der Waals surface area (Å²) in [6.45, 7) is 2.55. The molecule has 2 aromatic rings. The molecule has 1 fully saturated rings. The van der Waals surface area contributed by atoms with Gasteiger partial charge >= 0.3 is 0 Å². The van der Waals surface area contributed by atoms with Crippen molar-refractivity contribution in [3.05, 3.63) is 42.5 Å². The lowest BCUT2D eigenvalue weighted by Crippen LogP contribution is -2.43. The molecule has 0 spiro atoms. The lowest BCUT2D eigenvalue weighted by molar-refractivity contribution is -0.119. The number of nitrogens with one attached hydrogen (secondary N) is 2. The van der Waals surface area contributed by atoms with Crippen LogP contribution in [0.2, 0.25) is 0 Å². The maximum Gasteiger partial charge on any atom is 0.262 e. The summed E-state index contributed by atoms with van der Waals surface area (Å²) in [5.41, 5.74) is 0.859. The van der Waals surface area contributed by atoms with Crippen molar-refractivity contribution in [1.29, 1.82) is 0 Å². The molecule has 2 aliphatic heterocycles. The van der Waals surface area contributed by atoms with E-state index in [0.717, 1.165) is 0 Å². The van der Waals surface area contributed by atoms with Gasteiger partial charge in [-0.15, -0.1) is 0 Å². The fraction of sp³-hybridized carbons (Fsp3) is 0.333. The topological polar surface area (TPSA) is 114 Å². The normalized spacial score (nSPS) is 18.6. The van der Waals surface area contributed by atoms with E-state index in [-0.39, 0.29) is 29.9 Å². The van der Waals surface area contributed by atoms with Gasteiger partial charge in [-0.05, 0) is 62.2 Å². The molecule has 4 rings (SSSR count). The fourth-order valence-corrected chi connectivity index (χ4v) is 5.36. The van der Waals surface area contributed by atoms with Crippen molar-refractivity contribution >= 4 is 33.2 Å². The number of amides is 2. The first-order chi connectivity index (χ1) is 14.9. The smallest absolute Gasteiger partial charge is 0.262 e. The Morgan fingerprint density at radius 1 is 1.26 bits per heavy atom. The molecule has 31 heavy (non-hydrogen) atoms. The summed E-state index contributed by atoms with van der Waals surface area (Å²) in [4.78, 5) is 24.4. The number of carbonyl (C=O) groups is 2. The van der Waals surface area contributed by atoms with Crippen molar-refractivity contribution in [2.45, 2.75) is 30.7 Å². The number of nitrogens with zero attached hydrogens (tertiary/aromatic N) is 1. The third kappa shape index (κ3) is 4.35. The van der Waals surface area contributed by atoms with E-state index in [1.54, 1.807) is 24.3 Å². The molecule has 2 N–H and O–H groups in total. The van der Waals surface area contributed by atoms with Crippen LogP contribution in [0.1, 0.15) is 19.8 Å². The second-order valence-electron chi connectivity index (χ2n) is 7.22. The minimum absolute atomic E-state index is 0.00202. The zero-order valence-corrected chi connectivity index (χ0v) is 17.8. The lowest BCUT2D eigenvalue weighted by atomic mass is 10.2. The van der Waals surface area contributed by atoms with Crippen LogP contribution in [0.4, 0.5) is 11.4 Å². The molecule has 0 radical (unpaired) electrons. The van der Waals surface area contributed by atoms with Crippen molar-refractivity contribution in [1.82, 2.24) is 4.31 Å². The van der Waals surface area contributed by atoms with Crippen LogP contribution in [-0.2, 0) is 19.6 Å². The van der Waals surface area contributed by atoms with Crippen LogP contribution in [0.3, 0.4) is 0 Å². The molecule has 2 aromatic carbocycles. The highest BCUT2D eigenvalue weighted by atomic mass is 32.2. The Balaban J connectivity index is 1.52. The molecule has 0 bridgehead atoms. The Bertz CT molecular complexity index is 1100. The SMILES string of the molecule is CCOc1ccc(NC(=O)[C@@H]2CCCN2S(=O)(=O)c2ccc3c(c2)NC(=O)CO3)cc1. The van der Waals surface area contributed by atoms with Gasteiger partial charge in [0.15, 0.2) is 6.61 Å². The van der Waals surface area contributed by atoms with E-state index < -0.39 is 16.1 Å². The van der Waals surface area contributed by atoms with E-state index in [0.29, 0.717) is 42.3 Å². The number of rotatable bonds is 6. The van der Waals surface area contributed by atoms with Crippen LogP contribution in [0.5, 0.6) is 11.5 Å². The van der Waals surface area contributed by atoms with E-state index in [9.17, 15) is 18.0 Å². The first kappa shape index (κ1) is 21.1. The van der Waals surface area contributed by atoms with Crippen LogP contribution in [0.15, 0.2) is 47.4 Å².